The molecule has 0 spiro atoms. The molecule has 0 aromatic carbocycles. The largest absolute Gasteiger partial charge is 0.405 e. The van der Waals surface area contributed by atoms with E-state index in [1.54, 1.807) is 4.57 Å². The number of nitrogens with one attached hydrogen (secondary N) is 1. The average Bonchev–Trinajstić information content (AvgIpc) is 3.10. The van der Waals surface area contributed by atoms with E-state index in [1.165, 1.54) is 19.7 Å². The van der Waals surface area contributed by atoms with Gasteiger partial charge >= 0.3 is 7.75 Å². The minimum Gasteiger partial charge on any atom is -0.386 e. The van der Waals surface area contributed by atoms with Gasteiger partial charge in [-0.05, 0) is 7.05 Å². The molecule has 11 nitrogen and oxygen atoms in total. The van der Waals surface area contributed by atoms with Crippen LogP contribution in [0.25, 0.3) is 11.2 Å². The summed E-state index contributed by atoms with van der Waals surface area (Å²) in [5, 5.41) is 13.0. The second kappa shape index (κ2) is 5.20. The molecule has 4 heterocycles. The highest BCUT2D eigenvalue weighted by molar-refractivity contribution is 7.51. The number of aliphatic hydroxyl groups is 1. The van der Waals surface area contributed by atoms with Crippen LogP contribution in [0.4, 0.5) is 5.82 Å². The van der Waals surface area contributed by atoms with Crippen molar-refractivity contribution < 1.29 is 23.5 Å². The monoisotopic (exact) mass is 342 g/mol. The fourth-order valence-electron chi connectivity index (χ4n) is 2.75. The SMILES string of the molecule is CN[P@@]1(=O)OC[C@H]2O[C@@H](n3cnc4c(N)ncnc43)[C@H](O)[C@@H]2O1. The summed E-state index contributed by atoms with van der Waals surface area (Å²) in [6.45, 7) is 0.0418. The van der Waals surface area contributed by atoms with Gasteiger partial charge in [-0.3, -0.25) is 13.6 Å². The van der Waals surface area contributed by atoms with Crippen molar-refractivity contribution in [2.24, 2.45) is 0 Å². The summed E-state index contributed by atoms with van der Waals surface area (Å²) >= 11 is 0. The fourth-order valence-corrected chi connectivity index (χ4v) is 3.97. The fraction of sp³-hybridized carbons (Fsp3) is 0.545. The Labute approximate surface area is 130 Å². The quantitative estimate of drug-likeness (QED) is 0.605. The van der Waals surface area contributed by atoms with Gasteiger partial charge in [0.2, 0.25) is 0 Å². The van der Waals surface area contributed by atoms with Gasteiger partial charge in [0.05, 0.1) is 12.9 Å². The molecule has 23 heavy (non-hydrogen) atoms. The molecule has 2 saturated heterocycles. The molecule has 0 aliphatic carbocycles. The summed E-state index contributed by atoms with van der Waals surface area (Å²) in [4.78, 5) is 12.1. The highest BCUT2D eigenvalue weighted by atomic mass is 31.2. The maximum Gasteiger partial charge on any atom is 0.405 e. The smallest absolute Gasteiger partial charge is 0.386 e. The number of nitrogens with two attached hydrogens (primary N) is 1. The third-order valence-electron chi connectivity index (χ3n) is 3.91. The van der Waals surface area contributed by atoms with E-state index in [4.69, 9.17) is 19.5 Å². The standard InChI is InChI=1S/C11H15N6O5P/c1-13-23(19)20-2-5-8(22-23)7(18)11(21-5)17-4-16-6-9(12)14-3-15-10(6)17/h3-5,7-8,11,18H,2H2,1H3,(H,13,19)(H2,12,14,15)/t5-,7-,8-,11-,23-/m1/s1. The number of anilines is 1. The van der Waals surface area contributed by atoms with Crippen LogP contribution < -0.4 is 10.8 Å². The molecular formula is C11H15N6O5P. The van der Waals surface area contributed by atoms with Crippen molar-refractivity contribution in [3.63, 3.8) is 0 Å². The number of ether oxygens (including phenoxy) is 1. The van der Waals surface area contributed by atoms with E-state index >= 15 is 0 Å². The first kappa shape index (κ1) is 14.9. The maximum absolute atomic E-state index is 12.2. The number of hydrogen-bond acceptors (Lipinski definition) is 9. The van der Waals surface area contributed by atoms with E-state index in [-0.39, 0.29) is 12.4 Å². The van der Waals surface area contributed by atoms with Gasteiger partial charge in [0.15, 0.2) is 17.7 Å². The van der Waals surface area contributed by atoms with E-state index < -0.39 is 32.3 Å². The number of nitrogen functional groups attached to an aromatic ring is 1. The number of rotatable bonds is 2. The molecule has 0 unspecified atom stereocenters. The average molecular weight is 342 g/mol. The molecule has 12 heteroatoms. The lowest BCUT2D eigenvalue weighted by atomic mass is 10.1. The lowest BCUT2D eigenvalue weighted by Crippen LogP contribution is -2.40. The van der Waals surface area contributed by atoms with Crippen LogP contribution in [0.1, 0.15) is 6.23 Å². The summed E-state index contributed by atoms with van der Waals surface area (Å²) in [5.41, 5.74) is 6.60. The van der Waals surface area contributed by atoms with Gasteiger partial charge in [0, 0.05) is 0 Å². The van der Waals surface area contributed by atoms with Crippen LogP contribution in [0, 0.1) is 0 Å². The molecule has 2 aliphatic heterocycles. The molecular weight excluding hydrogens is 327 g/mol. The minimum absolute atomic E-state index is 0.0418. The van der Waals surface area contributed by atoms with Crippen LogP contribution in [-0.4, -0.2) is 56.6 Å². The van der Waals surface area contributed by atoms with Crippen molar-refractivity contribution >= 4 is 24.7 Å². The molecule has 2 aromatic heterocycles. The molecule has 0 saturated carbocycles. The first-order valence-electron chi connectivity index (χ1n) is 6.91. The summed E-state index contributed by atoms with van der Waals surface area (Å²) in [7, 11) is -1.96. The normalized spacial score (nSPS) is 37.1. The van der Waals surface area contributed by atoms with Crippen molar-refractivity contribution in [2.75, 3.05) is 19.4 Å². The number of imidazole rings is 1. The Morgan fingerprint density at radius 1 is 1.48 bits per heavy atom. The summed E-state index contributed by atoms with van der Waals surface area (Å²) in [5.74, 6) is 0.234. The lowest BCUT2D eigenvalue weighted by molar-refractivity contribution is -0.0593. The molecule has 0 bridgehead atoms. The lowest BCUT2D eigenvalue weighted by Gasteiger charge is -2.30. The Balaban J connectivity index is 1.68. The number of aromatic nitrogens is 4. The molecule has 124 valence electrons. The number of fused-ring (bicyclic) bond motifs is 2. The predicted molar refractivity (Wildman–Crippen MR) is 77.1 cm³/mol. The van der Waals surface area contributed by atoms with E-state index in [1.807, 2.05) is 0 Å². The van der Waals surface area contributed by atoms with E-state index in [9.17, 15) is 9.67 Å². The van der Waals surface area contributed by atoms with Crippen molar-refractivity contribution in [3.05, 3.63) is 12.7 Å². The van der Waals surface area contributed by atoms with Gasteiger partial charge < -0.3 is 15.6 Å². The second-order valence-electron chi connectivity index (χ2n) is 5.23. The molecule has 2 aliphatic rings. The third-order valence-corrected chi connectivity index (χ3v) is 5.47. The number of aliphatic hydroxyl groups excluding tert-OH is 1. The van der Waals surface area contributed by atoms with Gasteiger partial charge in [-0.25, -0.2) is 24.6 Å². The number of hydrogen-bond donors (Lipinski definition) is 3. The summed E-state index contributed by atoms with van der Waals surface area (Å²) in [6.07, 6.45) is -0.459. The first-order chi connectivity index (χ1) is 11.0. The Hall–Kier alpha value is -1.62. The van der Waals surface area contributed by atoms with Crippen LogP contribution in [0.15, 0.2) is 12.7 Å². The van der Waals surface area contributed by atoms with E-state index in [2.05, 4.69) is 20.0 Å². The summed E-state index contributed by atoms with van der Waals surface area (Å²) < 4.78 is 30.0. The first-order valence-corrected chi connectivity index (χ1v) is 8.45. The predicted octanol–water partition coefficient (Wildman–Crippen LogP) is -0.590. The molecule has 0 radical (unpaired) electrons. The van der Waals surface area contributed by atoms with Crippen molar-refractivity contribution in [2.45, 2.75) is 24.5 Å². The molecule has 2 fully saturated rings. The molecule has 5 atom stereocenters. The number of nitrogens with zero attached hydrogens (tertiary/aromatic N) is 4. The van der Waals surface area contributed by atoms with Crippen LogP contribution in [0.2, 0.25) is 0 Å². The zero-order valence-electron chi connectivity index (χ0n) is 12.1. The third kappa shape index (κ3) is 2.24. The van der Waals surface area contributed by atoms with Crippen LogP contribution in [0.3, 0.4) is 0 Å². The summed E-state index contributed by atoms with van der Waals surface area (Å²) in [6, 6.07) is 0. The molecule has 2 aromatic rings. The van der Waals surface area contributed by atoms with Gasteiger partial charge in [-0.1, -0.05) is 0 Å². The minimum atomic E-state index is -3.42. The van der Waals surface area contributed by atoms with Crippen LogP contribution >= 0.6 is 7.75 Å². The Morgan fingerprint density at radius 3 is 3.09 bits per heavy atom. The highest BCUT2D eigenvalue weighted by Crippen LogP contribution is 2.52. The molecule has 0 amide bonds. The van der Waals surface area contributed by atoms with Gasteiger partial charge in [0.25, 0.3) is 0 Å². The van der Waals surface area contributed by atoms with Crippen LogP contribution in [0.5, 0.6) is 0 Å². The van der Waals surface area contributed by atoms with Crippen molar-refractivity contribution in [1.29, 1.82) is 0 Å². The molecule has 4 N–H and O–H groups in total. The molecule has 4 rings (SSSR count). The van der Waals surface area contributed by atoms with E-state index in [0.717, 1.165) is 0 Å². The Morgan fingerprint density at radius 2 is 2.30 bits per heavy atom. The topological polar surface area (TPSA) is 147 Å². The van der Waals surface area contributed by atoms with Crippen molar-refractivity contribution in [1.82, 2.24) is 24.6 Å². The Kier molecular flexibility index (Phi) is 3.38. The zero-order chi connectivity index (χ0) is 16.2. The maximum atomic E-state index is 12.2. The van der Waals surface area contributed by atoms with Gasteiger partial charge in [0.1, 0.15) is 30.2 Å². The van der Waals surface area contributed by atoms with Gasteiger partial charge in [-0.15, -0.1) is 0 Å². The van der Waals surface area contributed by atoms with E-state index in [0.29, 0.717) is 11.2 Å². The highest BCUT2D eigenvalue weighted by Gasteiger charge is 2.52. The second-order valence-corrected chi connectivity index (χ2v) is 7.14. The zero-order valence-corrected chi connectivity index (χ0v) is 13.0. The van der Waals surface area contributed by atoms with Crippen LogP contribution in [-0.2, 0) is 18.3 Å². The van der Waals surface area contributed by atoms with Crippen molar-refractivity contribution in [3.8, 4) is 0 Å². The van der Waals surface area contributed by atoms with Gasteiger partial charge in [-0.2, -0.15) is 0 Å². The Bertz CT molecular complexity index is 798.